The standard InChI is InChI=1S/C13H18BrN/c1-2-10-6-5-9-12(10)15-13-8-4-3-7-11(13)14/h3-4,7-8,10,12,15H,2,5-6,9H2,1H3. The molecule has 1 nitrogen and oxygen atoms in total. The quantitative estimate of drug-likeness (QED) is 0.854. The number of anilines is 1. The number of rotatable bonds is 3. The van der Waals surface area contributed by atoms with Crippen molar-refractivity contribution in [2.24, 2.45) is 5.92 Å². The Morgan fingerprint density at radius 2 is 2.13 bits per heavy atom. The second kappa shape index (κ2) is 5.02. The van der Waals surface area contributed by atoms with E-state index in [9.17, 15) is 0 Å². The Bertz CT molecular complexity index is 324. The minimum Gasteiger partial charge on any atom is -0.381 e. The topological polar surface area (TPSA) is 12.0 Å². The molecule has 0 aromatic heterocycles. The van der Waals surface area contributed by atoms with Gasteiger partial charge in [-0.2, -0.15) is 0 Å². The maximum atomic E-state index is 3.66. The highest BCUT2D eigenvalue weighted by Gasteiger charge is 2.25. The van der Waals surface area contributed by atoms with E-state index in [2.05, 4.69) is 52.4 Å². The Labute approximate surface area is 100 Å². The van der Waals surface area contributed by atoms with Crippen molar-refractivity contribution >= 4 is 21.6 Å². The van der Waals surface area contributed by atoms with Crippen molar-refractivity contribution in [3.63, 3.8) is 0 Å². The molecule has 2 heteroatoms. The molecule has 1 aromatic carbocycles. The summed E-state index contributed by atoms with van der Waals surface area (Å²) in [5.74, 6) is 0.858. The fraction of sp³-hybridized carbons (Fsp3) is 0.538. The van der Waals surface area contributed by atoms with Crippen LogP contribution in [0.3, 0.4) is 0 Å². The van der Waals surface area contributed by atoms with E-state index in [4.69, 9.17) is 0 Å². The normalized spacial score (nSPS) is 25.5. The van der Waals surface area contributed by atoms with E-state index in [1.165, 1.54) is 35.8 Å². The van der Waals surface area contributed by atoms with Gasteiger partial charge in [0.25, 0.3) is 0 Å². The molecule has 1 aromatic rings. The van der Waals surface area contributed by atoms with Crippen LogP contribution >= 0.6 is 15.9 Å². The molecule has 1 N–H and O–H groups in total. The van der Waals surface area contributed by atoms with Gasteiger partial charge in [0.15, 0.2) is 0 Å². The van der Waals surface area contributed by atoms with Gasteiger partial charge in [-0.05, 0) is 46.8 Å². The second-order valence-electron chi connectivity index (χ2n) is 4.33. The monoisotopic (exact) mass is 267 g/mol. The van der Waals surface area contributed by atoms with Gasteiger partial charge in [0.05, 0.1) is 0 Å². The highest BCUT2D eigenvalue weighted by Crippen LogP contribution is 2.32. The van der Waals surface area contributed by atoms with Gasteiger partial charge < -0.3 is 5.32 Å². The molecule has 0 amide bonds. The molecular weight excluding hydrogens is 250 g/mol. The first kappa shape index (κ1) is 11.0. The molecule has 0 bridgehead atoms. The lowest BCUT2D eigenvalue weighted by molar-refractivity contribution is 0.489. The molecule has 1 aliphatic rings. The Balaban J connectivity index is 2.05. The Hall–Kier alpha value is -0.500. The molecule has 1 saturated carbocycles. The van der Waals surface area contributed by atoms with Crippen LogP contribution in [0.2, 0.25) is 0 Å². The van der Waals surface area contributed by atoms with Crippen molar-refractivity contribution in [3.8, 4) is 0 Å². The molecule has 2 rings (SSSR count). The summed E-state index contributed by atoms with van der Waals surface area (Å²) in [6.45, 7) is 2.30. The highest BCUT2D eigenvalue weighted by atomic mass is 79.9. The molecule has 0 heterocycles. The van der Waals surface area contributed by atoms with Crippen molar-refractivity contribution in [2.75, 3.05) is 5.32 Å². The van der Waals surface area contributed by atoms with Crippen molar-refractivity contribution < 1.29 is 0 Å². The molecular formula is C13H18BrN. The van der Waals surface area contributed by atoms with Crippen LogP contribution in [0.15, 0.2) is 28.7 Å². The number of hydrogen-bond donors (Lipinski definition) is 1. The van der Waals surface area contributed by atoms with Crippen LogP contribution in [-0.2, 0) is 0 Å². The average Bonchev–Trinajstić information content (AvgIpc) is 2.69. The predicted octanol–water partition coefficient (Wildman–Crippen LogP) is 4.44. The highest BCUT2D eigenvalue weighted by molar-refractivity contribution is 9.10. The lowest BCUT2D eigenvalue weighted by atomic mass is 10.0. The summed E-state index contributed by atoms with van der Waals surface area (Å²) in [7, 11) is 0. The summed E-state index contributed by atoms with van der Waals surface area (Å²) < 4.78 is 1.17. The van der Waals surface area contributed by atoms with Gasteiger partial charge in [-0.3, -0.25) is 0 Å². The third-order valence-corrected chi connectivity index (χ3v) is 4.09. The minimum absolute atomic E-state index is 0.675. The number of nitrogens with one attached hydrogen (secondary N) is 1. The largest absolute Gasteiger partial charge is 0.381 e. The number of halogens is 1. The van der Waals surface area contributed by atoms with E-state index in [1.54, 1.807) is 0 Å². The first-order valence-electron chi connectivity index (χ1n) is 5.82. The first-order valence-corrected chi connectivity index (χ1v) is 6.61. The average molecular weight is 268 g/mol. The van der Waals surface area contributed by atoms with Gasteiger partial charge in [0.1, 0.15) is 0 Å². The van der Waals surface area contributed by atoms with E-state index in [0.29, 0.717) is 6.04 Å². The molecule has 0 aliphatic heterocycles. The van der Waals surface area contributed by atoms with Gasteiger partial charge in [-0.1, -0.05) is 31.9 Å². The molecule has 2 unspecified atom stereocenters. The zero-order chi connectivity index (χ0) is 10.7. The van der Waals surface area contributed by atoms with Crippen LogP contribution in [0.1, 0.15) is 32.6 Å². The van der Waals surface area contributed by atoms with Crippen molar-refractivity contribution in [1.29, 1.82) is 0 Å². The van der Waals surface area contributed by atoms with Crippen molar-refractivity contribution in [2.45, 2.75) is 38.6 Å². The minimum atomic E-state index is 0.675. The maximum Gasteiger partial charge on any atom is 0.0486 e. The van der Waals surface area contributed by atoms with Gasteiger partial charge in [-0.15, -0.1) is 0 Å². The zero-order valence-electron chi connectivity index (χ0n) is 9.17. The van der Waals surface area contributed by atoms with E-state index < -0.39 is 0 Å². The Morgan fingerprint density at radius 1 is 1.33 bits per heavy atom. The predicted molar refractivity (Wildman–Crippen MR) is 69.2 cm³/mol. The fourth-order valence-electron chi connectivity index (χ4n) is 2.49. The van der Waals surface area contributed by atoms with E-state index in [-0.39, 0.29) is 0 Å². The van der Waals surface area contributed by atoms with Crippen LogP contribution in [0.4, 0.5) is 5.69 Å². The van der Waals surface area contributed by atoms with Gasteiger partial charge in [0.2, 0.25) is 0 Å². The van der Waals surface area contributed by atoms with E-state index in [1.807, 2.05) is 0 Å². The molecule has 0 spiro atoms. The Kier molecular flexibility index (Phi) is 3.68. The summed E-state index contributed by atoms with van der Waals surface area (Å²) in [4.78, 5) is 0. The first-order chi connectivity index (χ1) is 7.31. The fourth-order valence-corrected chi connectivity index (χ4v) is 2.89. The van der Waals surface area contributed by atoms with Crippen LogP contribution in [-0.4, -0.2) is 6.04 Å². The third-order valence-electron chi connectivity index (χ3n) is 3.40. The SMILES string of the molecule is CCC1CCCC1Nc1ccccc1Br. The molecule has 2 atom stereocenters. The van der Waals surface area contributed by atoms with Crippen LogP contribution in [0, 0.1) is 5.92 Å². The molecule has 0 radical (unpaired) electrons. The smallest absolute Gasteiger partial charge is 0.0486 e. The van der Waals surface area contributed by atoms with Crippen molar-refractivity contribution in [3.05, 3.63) is 28.7 Å². The summed E-state index contributed by atoms with van der Waals surface area (Å²) in [6.07, 6.45) is 5.38. The zero-order valence-corrected chi connectivity index (χ0v) is 10.8. The van der Waals surface area contributed by atoms with Crippen LogP contribution < -0.4 is 5.32 Å². The number of hydrogen-bond acceptors (Lipinski definition) is 1. The van der Waals surface area contributed by atoms with E-state index >= 15 is 0 Å². The van der Waals surface area contributed by atoms with Gasteiger partial charge >= 0.3 is 0 Å². The molecule has 82 valence electrons. The summed E-state index contributed by atoms with van der Waals surface area (Å²) in [5, 5.41) is 3.66. The summed E-state index contributed by atoms with van der Waals surface area (Å²) in [6, 6.07) is 9.06. The Morgan fingerprint density at radius 3 is 2.87 bits per heavy atom. The molecule has 15 heavy (non-hydrogen) atoms. The lowest BCUT2D eigenvalue weighted by Gasteiger charge is -2.21. The molecule has 1 aliphatic carbocycles. The van der Waals surface area contributed by atoms with Crippen LogP contribution in [0.25, 0.3) is 0 Å². The summed E-state index contributed by atoms with van der Waals surface area (Å²) >= 11 is 3.58. The molecule has 0 saturated heterocycles. The number of para-hydroxylation sites is 1. The maximum absolute atomic E-state index is 3.66. The lowest BCUT2D eigenvalue weighted by Crippen LogP contribution is -2.23. The van der Waals surface area contributed by atoms with Gasteiger partial charge in [-0.25, -0.2) is 0 Å². The van der Waals surface area contributed by atoms with Crippen LogP contribution in [0.5, 0.6) is 0 Å². The third kappa shape index (κ3) is 2.54. The number of benzene rings is 1. The van der Waals surface area contributed by atoms with Gasteiger partial charge in [0, 0.05) is 16.2 Å². The van der Waals surface area contributed by atoms with Crippen molar-refractivity contribution in [1.82, 2.24) is 0 Å². The molecule has 1 fully saturated rings. The van der Waals surface area contributed by atoms with E-state index in [0.717, 1.165) is 5.92 Å². The second-order valence-corrected chi connectivity index (χ2v) is 5.18. The summed E-state index contributed by atoms with van der Waals surface area (Å²) in [5.41, 5.74) is 1.24.